The molecule has 1 fully saturated rings. The molecule has 0 amide bonds. The van der Waals surface area contributed by atoms with E-state index in [1.807, 2.05) is 12.3 Å². The van der Waals surface area contributed by atoms with Crippen molar-refractivity contribution >= 4 is 17.2 Å². The lowest BCUT2D eigenvalue weighted by atomic mass is 9.89. The second kappa shape index (κ2) is 6.10. The number of aryl methyl sites for hydroxylation is 3. The van der Waals surface area contributed by atoms with Crippen LogP contribution in [0.4, 0.5) is 0 Å². The zero-order valence-corrected chi connectivity index (χ0v) is 14.2. The van der Waals surface area contributed by atoms with Gasteiger partial charge in [0.1, 0.15) is 0 Å². The normalized spacial score (nSPS) is 17.5. The van der Waals surface area contributed by atoms with Gasteiger partial charge >= 0.3 is 0 Å². The third-order valence-corrected chi connectivity index (χ3v) is 5.14. The fourth-order valence-electron chi connectivity index (χ4n) is 3.79. The van der Waals surface area contributed by atoms with Crippen LogP contribution in [0, 0.1) is 6.92 Å². The number of aromatic nitrogens is 1. The molecule has 1 aromatic heterocycles. The van der Waals surface area contributed by atoms with Crippen LogP contribution in [0.3, 0.4) is 0 Å². The Balaban J connectivity index is 1.98. The van der Waals surface area contributed by atoms with E-state index >= 15 is 0 Å². The topological polar surface area (TPSA) is 24.9 Å². The Morgan fingerprint density at radius 2 is 1.78 bits per heavy atom. The Morgan fingerprint density at radius 3 is 2.61 bits per heavy atom. The summed E-state index contributed by atoms with van der Waals surface area (Å²) in [6.07, 6.45) is 6.27. The average molecular weight is 325 g/mol. The van der Waals surface area contributed by atoms with Crippen molar-refractivity contribution in [2.75, 3.05) is 13.1 Å². The van der Waals surface area contributed by atoms with Gasteiger partial charge in [0.25, 0.3) is 0 Å². The van der Waals surface area contributed by atoms with Gasteiger partial charge in [-0.1, -0.05) is 29.3 Å². The summed E-state index contributed by atoms with van der Waals surface area (Å²) in [6.45, 7) is 4.24. The monoisotopic (exact) mass is 324 g/mol. The van der Waals surface area contributed by atoms with Crippen molar-refractivity contribution in [3.8, 4) is 0 Å². The Bertz CT molecular complexity index is 729. The van der Waals surface area contributed by atoms with Gasteiger partial charge < -0.3 is 5.32 Å². The number of hydrogen-bond donors (Lipinski definition) is 1. The molecule has 1 aliphatic heterocycles. The summed E-state index contributed by atoms with van der Waals surface area (Å²) < 4.78 is 0. The summed E-state index contributed by atoms with van der Waals surface area (Å²) in [5, 5.41) is 4.29. The molecule has 0 bridgehead atoms. The van der Waals surface area contributed by atoms with Gasteiger partial charge in [0, 0.05) is 16.8 Å². The molecule has 2 aromatic rings. The number of fused-ring (bicyclic) bond motifs is 2. The SMILES string of the molecule is Cc1cnc2c(c1)CCc1cc(Cl)ccc1C2=C1CCNCC1. The highest BCUT2D eigenvalue weighted by Gasteiger charge is 2.23. The van der Waals surface area contributed by atoms with Gasteiger partial charge in [-0.05, 0) is 80.1 Å². The summed E-state index contributed by atoms with van der Waals surface area (Å²) >= 11 is 6.26. The molecule has 2 aliphatic rings. The zero-order chi connectivity index (χ0) is 15.8. The van der Waals surface area contributed by atoms with Crippen molar-refractivity contribution in [1.82, 2.24) is 10.3 Å². The van der Waals surface area contributed by atoms with E-state index < -0.39 is 0 Å². The first-order valence-electron chi connectivity index (χ1n) is 8.40. The zero-order valence-electron chi connectivity index (χ0n) is 13.5. The molecular formula is C20H21ClN2. The molecule has 1 saturated heterocycles. The standard InChI is InChI=1S/C20H21ClN2/c1-13-10-16-3-2-15-11-17(21)4-5-18(15)19(20(16)23-12-13)14-6-8-22-9-7-14/h4-5,10-12,22H,2-3,6-9H2,1H3. The number of benzene rings is 1. The van der Waals surface area contributed by atoms with Crippen molar-refractivity contribution in [3.05, 3.63) is 69.0 Å². The van der Waals surface area contributed by atoms with Crippen LogP contribution < -0.4 is 5.32 Å². The molecule has 2 heterocycles. The fourth-order valence-corrected chi connectivity index (χ4v) is 3.99. The van der Waals surface area contributed by atoms with Crippen LogP contribution in [0.5, 0.6) is 0 Å². The molecule has 23 heavy (non-hydrogen) atoms. The largest absolute Gasteiger partial charge is 0.316 e. The summed E-state index contributed by atoms with van der Waals surface area (Å²) in [6, 6.07) is 8.65. The third-order valence-electron chi connectivity index (χ3n) is 4.90. The minimum absolute atomic E-state index is 0.827. The van der Waals surface area contributed by atoms with Crippen molar-refractivity contribution in [3.63, 3.8) is 0 Å². The number of hydrogen-bond acceptors (Lipinski definition) is 2. The third kappa shape index (κ3) is 2.82. The molecule has 1 N–H and O–H groups in total. The van der Waals surface area contributed by atoms with E-state index in [9.17, 15) is 0 Å². The number of piperidine rings is 1. The van der Waals surface area contributed by atoms with Crippen LogP contribution in [0.2, 0.25) is 5.02 Å². The van der Waals surface area contributed by atoms with Crippen LogP contribution in [0.25, 0.3) is 5.57 Å². The van der Waals surface area contributed by atoms with E-state index in [0.717, 1.165) is 43.8 Å². The Hall–Kier alpha value is -1.64. The van der Waals surface area contributed by atoms with E-state index in [1.165, 1.54) is 39.1 Å². The summed E-state index contributed by atoms with van der Waals surface area (Å²) in [5.41, 5.74) is 9.39. The van der Waals surface area contributed by atoms with E-state index in [2.05, 4.69) is 30.4 Å². The van der Waals surface area contributed by atoms with Crippen molar-refractivity contribution < 1.29 is 0 Å². The maximum atomic E-state index is 6.26. The van der Waals surface area contributed by atoms with E-state index in [-0.39, 0.29) is 0 Å². The second-order valence-electron chi connectivity index (χ2n) is 6.55. The van der Waals surface area contributed by atoms with Gasteiger partial charge in [-0.2, -0.15) is 0 Å². The molecular weight excluding hydrogens is 304 g/mol. The van der Waals surface area contributed by atoms with Crippen molar-refractivity contribution in [2.24, 2.45) is 0 Å². The van der Waals surface area contributed by atoms with E-state index in [1.54, 1.807) is 0 Å². The molecule has 3 heteroatoms. The molecule has 1 aliphatic carbocycles. The molecule has 0 saturated carbocycles. The first-order valence-corrected chi connectivity index (χ1v) is 8.77. The molecule has 0 radical (unpaired) electrons. The van der Waals surface area contributed by atoms with Crippen LogP contribution in [-0.4, -0.2) is 18.1 Å². The lowest BCUT2D eigenvalue weighted by Crippen LogP contribution is -2.24. The quantitative estimate of drug-likeness (QED) is 0.780. The van der Waals surface area contributed by atoms with Crippen LogP contribution in [-0.2, 0) is 12.8 Å². The fraction of sp³-hybridized carbons (Fsp3) is 0.350. The minimum atomic E-state index is 0.827. The highest BCUT2D eigenvalue weighted by molar-refractivity contribution is 6.30. The van der Waals surface area contributed by atoms with Gasteiger partial charge in [-0.25, -0.2) is 0 Å². The number of nitrogens with one attached hydrogen (secondary N) is 1. The molecule has 0 spiro atoms. The first-order chi connectivity index (χ1) is 11.2. The van der Waals surface area contributed by atoms with Gasteiger partial charge in [-0.15, -0.1) is 0 Å². The van der Waals surface area contributed by atoms with E-state index in [0.29, 0.717) is 0 Å². The summed E-state index contributed by atoms with van der Waals surface area (Å²) in [4.78, 5) is 4.85. The molecule has 0 atom stereocenters. The smallest absolute Gasteiger partial charge is 0.0739 e. The van der Waals surface area contributed by atoms with E-state index in [4.69, 9.17) is 16.6 Å². The highest BCUT2D eigenvalue weighted by Crippen LogP contribution is 2.37. The second-order valence-corrected chi connectivity index (χ2v) is 6.99. The molecule has 4 rings (SSSR count). The maximum Gasteiger partial charge on any atom is 0.0739 e. The van der Waals surface area contributed by atoms with Crippen LogP contribution in [0.15, 0.2) is 36.0 Å². The van der Waals surface area contributed by atoms with Gasteiger partial charge in [0.2, 0.25) is 0 Å². The molecule has 118 valence electrons. The summed E-state index contributed by atoms with van der Waals surface area (Å²) in [7, 11) is 0. The average Bonchev–Trinajstić information content (AvgIpc) is 2.72. The number of pyridine rings is 1. The van der Waals surface area contributed by atoms with Crippen molar-refractivity contribution in [2.45, 2.75) is 32.6 Å². The summed E-state index contributed by atoms with van der Waals surface area (Å²) in [5.74, 6) is 0. The predicted molar refractivity (Wildman–Crippen MR) is 96.0 cm³/mol. The minimum Gasteiger partial charge on any atom is -0.316 e. The van der Waals surface area contributed by atoms with Crippen LogP contribution in [0.1, 0.15) is 40.8 Å². The molecule has 0 unspecified atom stereocenters. The number of halogens is 1. The van der Waals surface area contributed by atoms with Crippen molar-refractivity contribution in [1.29, 1.82) is 0 Å². The number of rotatable bonds is 0. The Labute approximate surface area is 142 Å². The van der Waals surface area contributed by atoms with Gasteiger partial charge in [-0.3, -0.25) is 4.98 Å². The van der Waals surface area contributed by atoms with Gasteiger partial charge in [0.15, 0.2) is 0 Å². The molecule has 2 nitrogen and oxygen atoms in total. The number of nitrogens with zero attached hydrogens (tertiary/aromatic N) is 1. The Kier molecular flexibility index (Phi) is 3.96. The highest BCUT2D eigenvalue weighted by atomic mass is 35.5. The first kappa shape index (κ1) is 14.9. The predicted octanol–water partition coefficient (Wildman–Crippen LogP) is 4.33. The Morgan fingerprint density at radius 1 is 1.00 bits per heavy atom. The lowest BCUT2D eigenvalue weighted by Gasteiger charge is -2.22. The molecule has 1 aromatic carbocycles. The lowest BCUT2D eigenvalue weighted by molar-refractivity contribution is 0.611. The van der Waals surface area contributed by atoms with Crippen LogP contribution >= 0.6 is 11.6 Å². The van der Waals surface area contributed by atoms with Gasteiger partial charge in [0.05, 0.1) is 5.69 Å². The maximum absolute atomic E-state index is 6.26.